The molecule has 0 saturated carbocycles. The third-order valence-corrected chi connectivity index (χ3v) is 3.45. The lowest BCUT2D eigenvalue weighted by atomic mass is 10.2. The Morgan fingerprint density at radius 2 is 1.89 bits per heavy atom. The SMILES string of the molecule is CCn1c(-c2ccc(Cl)cc2)nnc1S(N)(=O)=O. The van der Waals surface area contributed by atoms with E-state index in [1.807, 2.05) is 0 Å². The normalized spacial score (nSPS) is 11.7. The van der Waals surface area contributed by atoms with E-state index in [0.717, 1.165) is 5.56 Å². The minimum atomic E-state index is -3.88. The second-order valence-corrected chi connectivity index (χ2v) is 5.49. The van der Waals surface area contributed by atoms with Crippen LogP contribution in [-0.2, 0) is 16.6 Å². The van der Waals surface area contributed by atoms with Crippen LogP contribution in [0.3, 0.4) is 0 Å². The molecule has 96 valence electrons. The summed E-state index contributed by atoms with van der Waals surface area (Å²) < 4.78 is 24.1. The number of rotatable bonds is 3. The van der Waals surface area contributed by atoms with Gasteiger partial charge in [0.2, 0.25) is 0 Å². The molecule has 2 N–H and O–H groups in total. The summed E-state index contributed by atoms with van der Waals surface area (Å²) in [6, 6.07) is 6.88. The van der Waals surface area contributed by atoms with E-state index in [9.17, 15) is 8.42 Å². The van der Waals surface area contributed by atoms with Crippen LogP contribution in [0.4, 0.5) is 0 Å². The summed E-state index contributed by atoms with van der Waals surface area (Å²) in [5, 5.41) is 12.9. The number of aromatic nitrogens is 3. The predicted molar refractivity (Wildman–Crippen MR) is 67.5 cm³/mol. The van der Waals surface area contributed by atoms with Crippen molar-refractivity contribution in [2.75, 3.05) is 0 Å². The van der Waals surface area contributed by atoms with Gasteiger partial charge in [-0.25, -0.2) is 13.6 Å². The van der Waals surface area contributed by atoms with Crippen molar-refractivity contribution in [3.8, 4) is 11.4 Å². The molecule has 0 saturated heterocycles. The first kappa shape index (κ1) is 13.0. The molecule has 2 rings (SSSR count). The van der Waals surface area contributed by atoms with Gasteiger partial charge in [-0.3, -0.25) is 4.57 Å². The van der Waals surface area contributed by atoms with Crippen molar-refractivity contribution in [1.29, 1.82) is 0 Å². The maximum absolute atomic E-state index is 11.3. The molecule has 0 fully saturated rings. The number of halogens is 1. The molecule has 1 aromatic heterocycles. The summed E-state index contributed by atoms with van der Waals surface area (Å²) >= 11 is 5.79. The Hall–Kier alpha value is -1.44. The summed E-state index contributed by atoms with van der Waals surface area (Å²) in [6.07, 6.45) is 0. The number of benzene rings is 1. The second kappa shape index (κ2) is 4.68. The highest BCUT2D eigenvalue weighted by Gasteiger charge is 2.20. The highest BCUT2D eigenvalue weighted by atomic mass is 35.5. The lowest BCUT2D eigenvalue weighted by Gasteiger charge is -2.05. The standard InChI is InChI=1S/C10H11ClN4O2S/c1-2-15-9(7-3-5-8(11)6-4-7)13-14-10(15)18(12,16)17/h3-6H,2H2,1H3,(H2,12,16,17). The van der Waals surface area contributed by atoms with Crippen LogP contribution in [0.1, 0.15) is 6.92 Å². The quantitative estimate of drug-likeness (QED) is 0.920. The van der Waals surface area contributed by atoms with Crippen molar-refractivity contribution in [2.45, 2.75) is 18.6 Å². The number of sulfonamides is 1. The van der Waals surface area contributed by atoms with Crippen LogP contribution in [0.2, 0.25) is 5.02 Å². The number of hydrogen-bond acceptors (Lipinski definition) is 4. The van der Waals surface area contributed by atoms with Gasteiger partial charge in [-0.15, -0.1) is 10.2 Å². The first-order valence-corrected chi connectivity index (χ1v) is 7.08. The third kappa shape index (κ3) is 2.38. The van der Waals surface area contributed by atoms with Crippen molar-refractivity contribution >= 4 is 21.6 Å². The molecule has 6 nitrogen and oxygen atoms in total. The molecule has 0 aliphatic heterocycles. The van der Waals surface area contributed by atoms with Gasteiger partial charge in [0.15, 0.2) is 5.82 Å². The van der Waals surface area contributed by atoms with E-state index in [2.05, 4.69) is 10.2 Å². The summed E-state index contributed by atoms with van der Waals surface area (Å²) in [6.45, 7) is 2.19. The van der Waals surface area contributed by atoms with Crippen LogP contribution >= 0.6 is 11.6 Å². The van der Waals surface area contributed by atoms with Gasteiger partial charge in [0, 0.05) is 17.1 Å². The molecular weight excluding hydrogens is 276 g/mol. The van der Waals surface area contributed by atoms with E-state index < -0.39 is 10.0 Å². The average molecular weight is 287 g/mol. The number of nitrogens with two attached hydrogens (primary N) is 1. The van der Waals surface area contributed by atoms with Gasteiger partial charge in [0.05, 0.1) is 0 Å². The predicted octanol–water partition coefficient (Wildman–Crippen LogP) is 1.27. The Morgan fingerprint density at radius 1 is 1.28 bits per heavy atom. The maximum Gasteiger partial charge on any atom is 0.273 e. The van der Waals surface area contributed by atoms with Gasteiger partial charge >= 0.3 is 0 Å². The van der Waals surface area contributed by atoms with Crippen LogP contribution in [0, 0.1) is 0 Å². The molecule has 1 heterocycles. The zero-order valence-corrected chi connectivity index (χ0v) is 11.1. The molecular formula is C10H11ClN4O2S. The Morgan fingerprint density at radius 3 is 2.39 bits per heavy atom. The van der Waals surface area contributed by atoms with Crippen LogP contribution < -0.4 is 5.14 Å². The number of primary sulfonamides is 1. The van der Waals surface area contributed by atoms with Crippen molar-refractivity contribution in [3.05, 3.63) is 29.3 Å². The highest BCUT2D eigenvalue weighted by Crippen LogP contribution is 2.21. The molecule has 0 spiro atoms. The highest BCUT2D eigenvalue weighted by molar-refractivity contribution is 7.89. The molecule has 18 heavy (non-hydrogen) atoms. The Kier molecular flexibility index (Phi) is 3.38. The number of hydrogen-bond donors (Lipinski definition) is 1. The van der Waals surface area contributed by atoms with Gasteiger partial charge in [-0.2, -0.15) is 0 Å². The van der Waals surface area contributed by atoms with Gasteiger partial charge in [0.1, 0.15) is 0 Å². The van der Waals surface area contributed by atoms with Gasteiger partial charge < -0.3 is 0 Å². The summed E-state index contributed by atoms with van der Waals surface area (Å²) in [4.78, 5) is 0. The Balaban J connectivity index is 2.59. The zero-order chi connectivity index (χ0) is 13.3. The topological polar surface area (TPSA) is 90.9 Å². The van der Waals surface area contributed by atoms with Crippen LogP contribution in [0.25, 0.3) is 11.4 Å². The molecule has 0 aliphatic carbocycles. The van der Waals surface area contributed by atoms with Crippen molar-refractivity contribution < 1.29 is 8.42 Å². The molecule has 0 aliphatic rings. The minimum Gasteiger partial charge on any atom is -0.297 e. The van der Waals surface area contributed by atoms with Gasteiger partial charge in [-0.1, -0.05) is 11.6 Å². The summed E-state index contributed by atoms with van der Waals surface area (Å²) in [5.41, 5.74) is 0.726. The first-order valence-electron chi connectivity index (χ1n) is 5.15. The zero-order valence-electron chi connectivity index (χ0n) is 9.54. The van der Waals surface area contributed by atoms with E-state index in [-0.39, 0.29) is 5.16 Å². The lowest BCUT2D eigenvalue weighted by Crippen LogP contribution is -2.18. The summed E-state index contributed by atoms with van der Waals surface area (Å²) in [5.74, 6) is 0.443. The van der Waals surface area contributed by atoms with Crippen LogP contribution in [0.15, 0.2) is 29.4 Å². The first-order chi connectivity index (χ1) is 8.43. The van der Waals surface area contributed by atoms with E-state index in [0.29, 0.717) is 17.4 Å². The number of nitrogens with zero attached hydrogens (tertiary/aromatic N) is 3. The molecule has 2 aromatic rings. The fraction of sp³-hybridized carbons (Fsp3) is 0.200. The van der Waals surface area contributed by atoms with E-state index in [1.165, 1.54) is 4.57 Å². The maximum atomic E-state index is 11.3. The van der Waals surface area contributed by atoms with E-state index >= 15 is 0 Å². The molecule has 8 heteroatoms. The Labute approximate surface area is 109 Å². The largest absolute Gasteiger partial charge is 0.297 e. The molecule has 1 aromatic carbocycles. The lowest BCUT2D eigenvalue weighted by molar-refractivity contribution is 0.571. The van der Waals surface area contributed by atoms with Crippen LogP contribution in [-0.4, -0.2) is 23.2 Å². The molecule has 0 bridgehead atoms. The molecule has 0 radical (unpaired) electrons. The van der Waals surface area contributed by atoms with E-state index in [4.69, 9.17) is 16.7 Å². The second-order valence-electron chi connectivity index (χ2n) is 3.60. The molecule has 0 atom stereocenters. The van der Waals surface area contributed by atoms with Crippen molar-refractivity contribution in [1.82, 2.24) is 14.8 Å². The van der Waals surface area contributed by atoms with Gasteiger partial charge in [0.25, 0.3) is 15.2 Å². The third-order valence-electron chi connectivity index (χ3n) is 2.39. The van der Waals surface area contributed by atoms with Gasteiger partial charge in [-0.05, 0) is 31.2 Å². The smallest absolute Gasteiger partial charge is 0.273 e. The minimum absolute atomic E-state index is 0.241. The Bertz CT molecular complexity index is 664. The monoisotopic (exact) mass is 286 g/mol. The van der Waals surface area contributed by atoms with E-state index in [1.54, 1.807) is 31.2 Å². The van der Waals surface area contributed by atoms with Crippen molar-refractivity contribution in [2.24, 2.45) is 5.14 Å². The van der Waals surface area contributed by atoms with Crippen molar-refractivity contribution in [3.63, 3.8) is 0 Å². The average Bonchev–Trinajstić information content (AvgIpc) is 2.73. The molecule has 0 amide bonds. The van der Waals surface area contributed by atoms with Crippen LogP contribution in [0.5, 0.6) is 0 Å². The fourth-order valence-corrected chi connectivity index (χ4v) is 2.40. The fourth-order valence-electron chi connectivity index (χ4n) is 1.60. The summed E-state index contributed by atoms with van der Waals surface area (Å²) in [7, 11) is -3.88. The molecule has 0 unspecified atom stereocenters.